The Morgan fingerprint density at radius 3 is 2.89 bits per heavy atom. The van der Waals surface area contributed by atoms with E-state index in [0.717, 1.165) is 62.1 Å². The van der Waals surface area contributed by atoms with Crippen LogP contribution >= 0.6 is 0 Å². The van der Waals surface area contributed by atoms with Gasteiger partial charge < -0.3 is 19.9 Å². The van der Waals surface area contributed by atoms with Gasteiger partial charge in [0.15, 0.2) is 11.6 Å². The summed E-state index contributed by atoms with van der Waals surface area (Å²) >= 11 is 0. The molecule has 2 aliphatic heterocycles. The van der Waals surface area contributed by atoms with Crippen molar-refractivity contribution in [3.8, 4) is 5.75 Å². The molecule has 0 radical (unpaired) electrons. The first-order chi connectivity index (χ1) is 17.9. The van der Waals surface area contributed by atoms with Crippen LogP contribution in [0.3, 0.4) is 0 Å². The highest BCUT2D eigenvalue weighted by Crippen LogP contribution is 2.35. The SMILES string of the molecule is CCc1cc(F)c(OC)c(C(C(=O)O)N2CC[C@@H](OCCCCCc3cc(C)c4c(n3)NCCC4)C2)c1. The Balaban J connectivity index is 1.24. The van der Waals surface area contributed by atoms with Gasteiger partial charge in [-0.05, 0) is 86.8 Å². The van der Waals surface area contributed by atoms with E-state index in [1.807, 2.05) is 11.8 Å². The molecule has 0 spiro atoms. The zero-order chi connectivity index (χ0) is 26.4. The van der Waals surface area contributed by atoms with Gasteiger partial charge in [-0.25, -0.2) is 9.37 Å². The molecule has 1 unspecified atom stereocenters. The molecule has 0 saturated carbocycles. The first-order valence-corrected chi connectivity index (χ1v) is 13.6. The number of aliphatic carboxylic acids is 1. The number of methoxy groups -OCH3 is 1. The second kappa shape index (κ2) is 12.7. The molecule has 3 heterocycles. The normalized spacial score (nSPS) is 18.3. The number of aromatic nitrogens is 1. The molecule has 1 aromatic heterocycles. The Morgan fingerprint density at radius 1 is 1.30 bits per heavy atom. The van der Waals surface area contributed by atoms with E-state index < -0.39 is 17.8 Å². The van der Waals surface area contributed by atoms with Gasteiger partial charge in [0.05, 0.1) is 13.2 Å². The molecule has 0 aliphatic carbocycles. The average molecular weight is 514 g/mol. The molecular weight excluding hydrogens is 473 g/mol. The van der Waals surface area contributed by atoms with Crippen LogP contribution in [0.25, 0.3) is 0 Å². The van der Waals surface area contributed by atoms with Crippen molar-refractivity contribution in [3.63, 3.8) is 0 Å². The van der Waals surface area contributed by atoms with Gasteiger partial charge in [0.25, 0.3) is 0 Å². The predicted octanol–water partition coefficient (Wildman–Crippen LogP) is 5.09. The number of carboxylic acid groups (broad SMARTS) is 1. The van der Waals surface area contributed by atoms with Crippen molar-refractivity contribution in [1.29, 1.82) is 0 Å². The van der Waals surface area contributed by atoms with Crippen LogP contribution in [0.4, 0.5) is 10.2 Å². The quantitative estimate of drug-likeness (QED) is 0.383. The number of nitrogens with one attached hydrogen (secondary N) is 1. The molecule has 1 aromatic carbocycles. The average Bonchev–Trinajstić information content (AvgIpc) is 3.34. The number of hydrogen-bond donors (Lipinski definition) is 2. The van der Waals surface area contributed by atoms with Crippen molar-refractivity contribution in [1.82, 2.24) is 9.88 Å². The van der Waals surface area contributed by atoms with E-state index in [2.05, 4.69) is 18.3 Å². The minimum Gasteiger partial charge on any atom is -0.493 e. The van der Waals surface area contributed by atoms with Crippen molar-refractivity contribution in [2.75, 3.05) is 38.7 Å². The summed E-state index contributed by atoms with van der Waals surface area (Å²) in [6.45, 7) is 6.84. The number of benzene rings is 1. The van der Waals surface area contributed by atoms with Crippen LogP contribution in [0, 0.1) is 12.7 Å². The minimum atomic E-state index is -1.01. The summed E-state index contributed by atoms with van der Waals surface area (Å²) in [7, 11) is 1.38. The van der Waals surface area contributed by atoms with Crippen molar-refractivity contribution in [2.45, 2.75) is 77.4 Å². The lowest BCUT2D eigenvalue weighted by Gasteiger charge is -2.26. The molecule has 0 bridgehead atoms. The highest BCUT2D eigenvalue weighted by molar-refractivity contribution is 5.77. The van der Waals surface area contributed by atoms with Crippen LogP contribution < -0.4 is 10.1 Å². The monoisotopic (exact) mass is 513 g/mol. The fourth-order valence-corrected chi connectivity index (χ4v) is 5.57. The lowest BCUT2D eigenvalue weighted by atomic mass is 10.00. The van der Waals surface area contributed by atoms with E-state index in [1.165, 1.54) is 30.7 Å². The van der Waals surface area contributed by atoms with E-state index in [-0.39, 0.29) is 11.9 Å². The summed E-state index contributed by atoms with van der Waals surface area (Å²) in [5.41, 5.74) is 4.97. The van der Waals surface area contributed by atoms with E-state index in [4.69, 9.17) is 14.5 Å². The number of ether oxygens (including phenoxy) is 2. The fourth-order valence-electron chi connectivity index (χ4n) is 5.57. The predicted molar refractivity (Wildman–Crippen MR) is 142 cm³/mol. The Hall–Kier alpha value is -2.71. The van der Waals surface area contributed by atoms with Crippen LogP contribution in [-0.4, -0.2) is 60.4 Å². The number of fused-ring (bicyclic) bond motifs is 1. The summed E-state index contributed by atoms with van der Waals surface area (Å²) in [6, 6.07) is 4.43. The van der Waals surface area contributed by atoms with Crippen LogP contribution in [-0.2, 0) is 28.8 Å². The number of unbranched alkanes of at least 4 members (excludes halogenated alkanes) is 2. The number of pyridine rings is 1. The summed E-state index contributed by atoms with van der Waals surface area (Å²) in [4.78, 5) is 18.9. The molecule has 202 valence electrons. The molecule has 2 N–H and O–H groups in total. The molecule has 2 aromatic rings. The molecule has 37 heavy (non-hydrogen) atoms. The number of halogens is 1. The van der Waals surface area contributed by atoms with Crippen LogP contribution in [0.1, 0.15) is 73.0 Å². The lowest BCUT2D eigenvalue weighted by molar-refractivity contribution is -0.143. The molecule has 1 saturated heterocycles. The first kappa shape index (κ1) is 27.3. The maximum atomic E-state index is 14.6. The maximum Gasteiger partial charge on any atom is 0.325 e. The van der Waals surface area contributed by atoms with E-state index in [9.17, 15) is 14.3 Å². The van der Waals surface area contributed by atoms with Crippen molar-refractivity contribution < 1.29 is 23.8 Å². The molecule has 1 fully saturated rings. The number of carbonyl (C=O) groups is 1. The van der Waals surface area contributed by atoms with Crippen molar-refractivity contribution >= 4 is 11.8 Å². The zero-order valence-corrected chi connectivity index (χ0v) is 22.3. The molecule has 8 heteroatoms. The van der Waals surface area contributed by atoms with Crippen LogP contribution in [0.15, 0.2) is 18.2 Å². The van der Waals surface area contributed by atoms with Crippen molar-refractivity contribution in [2.24, 2.45) is 0 Å². The summed E-state index contributed by atoms with van der Waals surface area (Å²) in [5, 5.41) is 13.5. The molecule has 7 nitrogen and oxygen atoms in total. The van der Waals surface area contributed by atoms with Gasteiger partial charge in [-0.1, -0.05) is 13.3 Å². The van der Waals surface area contributed by atoms with Gasteiger partial charge in [0, 0.05) is 37.5 Å². The topological polar surface area (TPSA) is 83.9 Å². The number of rotatable bonds is 12. The number of anilines is 1. The largest absolute Gasteiger partial charge is 0.493 e. The number of nitrogens with zero attached hydrogens (tertiary/aromatic N) is 2. The van der Waals surface area contributed by atoms with E-state index in [0.29, 0.717) is 31.7 Å². The minimum absolute atomic E-state index is 0.00774. The van der Waals surface area contributed by atoms with Gasteiger partial charge in [0.2, 0.25) is 0 Å². The number of hydrogen-bond acceptors (Lipinski definition) is 6. The third-order valence-corrected chi connectivity index (χ3v) is 7.54. The molecule has 2 atom stereocenters. The third kappa shape index (κ3) is 6.60. The summed E-state index contributed by atoms with van der Waals surface area (Å²) in [6.07, 6.45) is 7.66. The molecular formula is C29H40FN3O4. The van der Waals surface area contributed by atoms with Crippen molar-refractivity contribution in [3.05, 3.63) is 52.0 Å². The van der Waals surface area contributed by atoms with Gasteiger partial charge in [-0.3, -0.25) is 9.69 Å². The summed E-state index contributed by atoms with van der Waals surface area (Å²) in [5.74, 6) is -0.454. The molecule has 0 amide bonds. The van der Waals surface area contributed by atoms with E-state index in [1.54, 1.807) is 6.07 Å². The smallest absolute Gasteiger partial charge is 0.325 e. The molecule has 2 aliphatic rings. The first-order valence-electron chi connectivity index (χ1n) is 13.6. The Labute approximate surface area is 219 Å². The zero-order valence-electron chi connectivity index (χ0n) is 22.3. The number of aryl methyl sites for hydroxylation is 3. The molecule has 4 rings (SSSR count). The fraction of sp³-hybridized carbons (Fsp3) is 0.586. The highest BCUT2D eigenvalue weighted by Gasteiger charge is 2.36. The van der Waals surface area contributed by atoms with Gasteiger partial charge in [-0.15, -0.1) is 0 Å². The van der Waals surface area contributed by atoms with Gasteiger partial charge in [-0.2, -0.15) is 0 Å². The Bertz CT molecular complexity index is 1090. The third-order valence-electron chi connectivity index (χ3n) is 7.54. The van der Waals surface area contributed by atoms with Crippen LogP contribution in [0.2, 0.25) is 0 Å². The summed E-state index contributed by atoms with van der Waals surface area (Å²) < 4.78 is 25.9. The standard InChI is InChI=1S/C29H40FN3O4/c1-4-20-16-24(27(36-3)25(30)17-20)26(29(34)35)33-13-11-22(18-33)37-14-7-5-6-9-21-15-19(2)23-10-8-12-31-28(23)32-21/h15-17,22,26H,4-14,18H2,1-3H3,(H,31,32)(H,34,35)/t22-,26?/m1/s1. The Morgan fingerprint density at radius 2 is 2.14 bits per heavy atom. The Kier molecular flexibility index (Phi) is 9.38. The maximum absolute atomic E-state index is 14.6. The number of carboxylic acids is 1. The highest BCUT2D eigenvalue weighted by atomic mass is 19.1. The van der Waals surface area contributed by atoms with Crippen LogP contribution in [0.5, 0.6) is 5.75 Å². The number of likely N-dealkylation sites (tertiary alicyclic amines) is 1. The van der Waals surface area contributed by atoms with Gasteiger partial charge >= 0.3 is 5.97 Å². The second-order valence-electron chi connectivity index (χ2n) is 10.2. The van der Waals surface area contributed by atoms with Gasteiger partial charge in [0.1, 0.15) is 11.9 Å². The van der Waals surface area contributed by atoms with E-state index >= 15 is 0 Å². The second-order valence-corrected chi connectivity index (χ2v) is 10.2. The lowest BCUT2D eigenvalue weighted by Crippen LogP contribution is -2.34.